The summed E-state index contributed by atoms with van der Waals surface area (Å²) in [7, 11) is -2.11. The maximum absolute atomic E-state index is 12.4. The third kappa shape index (κ3) is 3.75. The second kappa shape index (κ2) is 6.47. The van der Waals surface area contributed by atoms with E-state index >= 15 is 0 Å². The average molecular weight is 326 g/mol. The fourth-order valence-corrected chi connectivity index (χ4v) is 3.69. The van der Waals surface area contributed by atoms with Gasteiger partial charge in [-0.25, -0.2) is 13.1 Å². The van der Waals surface area contributed by atoms with Gasteiger partial charge in [-0.15, -0.1) is 0 Å². The highest BCUT2D eigenvalue weighted by Gasteiger charge is 2.20. The normalized spacial score (nSPS) is 12.9. The van der Waals surface area contributed by atoms with E-state index in [1.807, 2.05) is 12.1 Å². The number of halogens is 1. The van der Waals surface area contributed by atoms with Gasteiger partial charge in [0.15, 0.2) is 0 Å². The Hall–Kier alpha value is -1.56. The van der Waals surface area contributed by atoms with Crippen LogP contribution in [0.2, 0.25) is 5.02 Å². The minimum atomic E-state index is -3.68. The van der Waals surface area contributed by atoms with Crippen molar-refractivity contribution >= 4 is 21.6 Å². The number of ether oxygens (including phenoxy) is 1. The summed E-state index contributed by atoms with van der Waals surface area (Å²) < 4.78 is 32.5. The van der Waals surface area contributed by atoms with Gasteiger partial charge in [0, 0.05) is 6.04 Å². The molecule has 0 unspecified atom stereocenters. The first-order chi connectivity index (χ1) is 9.94. The Kier molecular flexibility index (Phi) is 4.88. The summed E-state index contributed by atoms with van der Waals surface area (Å²) in [5.41, 5.74) is 0.810. The molecule has 0 saturated heterocycles. The molecule has 0 aromatic heterocycles. The molecule has 0 fully saturated rings. The summed E-state index contributed by atoms with van der Waals surface area (Å²) in [5, 5.41) is 0.197. The topological polar surface area (TPSA) is 55.4 Å². The molecule has 0 amide bonds. The Morgan fingerprint density at radius 1 is 1.14 bits per heavy atom. The van der Waals surface area contributed by atoms with Gasteiger partial charge in [-0.2, -0.15) is 0 Å². The van der Waals surface area contributed by atoms with Crippen LogP contribution in [-0.4, -0.2) is 15.5 Å². The van der Waals surface area contributed by atoms with Crippen molar-refractivity contribution in [1.82, 2.24) is 4.72 Å². The monoisotopic (exact) mass is 325 g/mol. The Morgan fingerprint density at radius 3 is 2.52 bits per heavy atom. The molecule has 0 bridgehead atoms. The van der Waals surface area contributed by atoms with Gasteiger partial charge in [0.25, 0.3) is 0 Å². The molecule has 0 spiro atoms. The van der Waals surface area contributed by atoms with E-state index in [1.54, 1.807) is 44.4 Å². The van der Waals surface area contributed by atoms with E-state index in [4.69, 9.17) is 16.3 Å². The minimum Gasteiger partial charge on any atom is -0.497 e. The number of sulfonamides is 1. The minimum absolute atomic E-state index is 0.0708. The van der Waals surface area contributed by atoms with Gasteiger partial charge in [-0.1, -0.05) is 35.9 Å². The maximum Gasteiger partial charge on any atom is 0.242 e. The molecule has 2 aromatic rings. The first kappa shape index (κ1) is 15.8. The second-order valence-electron chi connectivity index (χ2n) is 4.55. The van der Waals surface area contributed by atoms with E-state index in [0.29, 0.717) is 5.75 Å². The van der Waals surface area contributed by atoms with Crippen molar-refractivity contribution < 1.29 is 13.2 Å². The van der Waals surface area contributed by atoms with E-state index in [0.717, 1.165) is 5.56 Å². The van der Waals surface area contributed by atoms with Crippen molar-refractivity contribution in [3.05, 3.63) is 59.1 Å². The van der Waals surface area contributed by atoms with Gasteiger partial charge in [0.1, 0.15) is 10.6 Å². The molecular formula is C15H16ClNO3S. The summed E-state index contributed by atoms with van der Waals surface area (Å²) in [6.07, 6.45) is 0. The SMILES string of the molecule is COc1cccc([C@@H](C)NS(=O)(=O)c2ccccc2Cl)c1. The lowest BCUT2D eigenvalue weighted by molar-refractivity contribution is 0.413. The number of hydrogen-bond donors (Lipinski definition) is 1. The van der Waals surface area contributed by atoms with E-state index in [2.05, 4.69) is 4.72 Å². The Bertz CT molecular complexity index is 731. The number of benzene rings is 2. The van der Waals surface area contributed by atoms with Crippen LogP contribution in [0.4, 0.5) is 0 Å². The molecule has 4 nitrogen and oxygen atoms in total. The third-order valence-corrected chi connectivity index (χ3v) is 5.09. The van der Waals surface area contributed by atoms with Gasteiger partial charge in [0.05, 0.1) is 12.1 Å². The van der Waals surface area contributed by atoms with Crippen molar-refractivity contribution in [3.8, 4) is 5.75 Å². The molecule has 21 heavy (non-hydrogen) atoms. The molecule has 112 valence electrons. The lowest BCUT2D eigenvalue weighted by Crippen LogP contribution is -2.27. The van der Waals surface area contributed by atoms with Crippen molar-refractivity contribution in [2.75, 3.05) is 7.11 Å². The molecule has 2 rings (SSSR count). The standard InChI is InChI=1S/C15H16ClNO3S/c1-11(12-6-5-7-13(10-12)20-2)17-21(18,19)15-9-4-3-8-14(15)16/h3-11,17H,1-2H3/t11-/m1/s1. The van der Waals surface area contributed by atoms with E-state index in [-0.39, 0.29) is 9.92 Å². The molecule has 0 aliphatic heterocycles. The summed E-state index contributed by atoms with van der Waals surface area (Å²) in [6, 6.07) is 13.2. The molecular weight excluding hydrogens is 310 g/mol. The van der Waals surface area contributed by atoms with Crippen LogP contribution in [0, 0.1) is 0 Å². The van der Waals surface area contributed by atoms with Crippen molar-refractivity contribution in [1.29, 1.82) is 0 Å². The molecule has 0 aliphatic carbocycles. The van der Waals surface area contributed by atoms with Gasteiger partial charge in [-0.05, 0) is 36.8 Å². The van der Waals surface area contributed by atoms with E-state index < -0.39 is 16.1 Å². The average Bonchev–Trinajstić information content (AvgIpc) is 2.47. The molecule has 0 aliphatic rings. The van der Waals surface area contributed by atoms with Crippen LogP contribution in [0.1, 0.15) is 18.5 Å². The van der Waals surface area contributed by atoms with Crippen molar-refractivity contribution in [2.24, 2.45) is 0 Å². The van der Waals surface area contributed by atoms with Crippen molar-refractivity contribution in [2.45, 2.75) is 17.9 Å². The zero-order valence-electron chi connectivity index (χ0n) is 11.7. The quantitative estimate of drug-likeness (QED) is 0.916. The van der Waals surface area contributed by atoms with Crippen LogP contribution in [0.15, 0.2) is 53.4 Å². The Balaban J connectivity index is 2.26. The highest BCUT2D eigenvalue weighted by atomic mass is 35.5. The lowest BCUT2D eigenvalue weighted by Gasteiger charge is -2.16. The van der Waals surface area contributed by atoms with Gasteiger partial charge in [-0.3, -0.25) is 0 Å². The second-order valence-corrected chi connectivity index (χ2v) is 6.64. The number of methoxy groups -OCH3 is 1. The van der Waals surface area contributed by atoms with Crippen molar-refractivity contribution in [3.63, 3.8) is 0 Å². The van der Waals surface area contributed by atoms with Crippen LogP contribution >= 0.6 is 11.6 Å². The summed E-state index contributed by atoms with van der Waals surface area (Å²) in [4.78, 5) is 0.0708. The predicted molar refractivity (Wildman–Crippen MR) is 83.2 cm³/mol. The first-order valence-corrected chi connectivity index (χ1v) is 8.21. The smallest absolute Gasteiger partial charge is 0.242 e. The molecule has 2 aromatic carbocycles. The molecule has 1 atom stereocenters. The van der Waals surface area contributed by atoms with Gasteiger partial charge in [0.2, 0.25) is 10.0 Å². The van der Waals surface area contributed by atoms with Gasteiger partial charge >= 0.3 is 0 Å². The molecule has 0 radical (unpaired) electrons. The summed E-state index contributed by atoms with van der Waals surface area (Å²) >= 11 is 5.95. The van der Waals surface area contributed by atoms with Crippen LogP contribution < -0.4 is 9.46 Å². The zero-order valence-corrected chi connectivity index (χ0v) is 13.3. The van der Waals surface area contributed by atoms with Crippen LogP contribution in [0.3, 0.4) is 0 Å². The lowest BCUT2D eigenvalue weighted by atomic mass is 10.1. The van der Waals surface area contributed by atoms with Crippen LogP contribution in [0.25, 0.3) is 0 Å². The van der Waals surface area contributed by atoms with Gasteiger partial charge < -0.3 is 4.74 Å². The Morgan fingerprint density at radius 2 is 1.86 bits per heavy atom. The number of hydrogen-bond acceptors (Lipinski definition) is 3. The van der Waals surface area contributed by atoms with Crippen LogP contribution in [0.5, 0.6) is 5.75 Å². The van der Waals surface area contributed by atoms with Crippen LogP contribution in [-0.2, 0) is 10.0 Å². The molecule has 6 heteroatoms. The molecule has 0 saturated carbocycles. The molecule has 1 N–H and O–H groups in total. The summed E-state index contributed by atoms with van der Waals surface area (Å²) in [5.74, 6) is 0.677. The largest absolute Gasteiger partial charge is 0.497 e. The highest BCUT2D eigenvalue weighted by molar-refractivity contribution is 7.89. The summed E-state index contributed by atoms with van der Waals surface area (Å²) in [6.45, 7) is 1.77. The zero-order chi connectivity index (χ0) is 15.5. The fraction of sp³-hybridized carbons (Fsp3) is 0.200. The predicted octanol–water partition coefficient (Wildman–Crippen LogP) is 3.39. The third-order valence-electron chi connectivity index (χ3n) is 3.05. The molecule has 0 heterocycles. The fourth-order valence-electron chi connectivity index (χ4n) is 1.94. The number of nitrogens with one attached hydrogen (secondary N) is 1. The maximum atomic E-state index is 12.4. The first-order valence-electron chi connectivity index (χ1n) is 6.35. The highest BCUT2D eigenvalue weighted by Crippen LogP contribution is 2.24. The van der Waals surface area contributed by atoms with E-state index in [1.165, 1.54) is 6.07 Å². The number of rotatable bonds is 5. The Labute approximate surface area is 129 Å². The van der Waals surface area contributed by atoms with E-state index in [9.17, 15) is 8.42 Å².